The summed E-state index contributed by atoms with van der Waals surface area (Å²) in [6.07, 6.45) is 1.81. The molecule has 2 atom stereocenters. The maximum absolute atomic E-state index is 8.95. The monoisotopic (exact) mass is 227 g/mol. The van der Waals surface area contributed by atoms with Crippen molar-refractivity contribution in [2.24, 2.45) is 5.92 Å². The fourth-order valence-electron chi connectivity index (χ4n) is 2.34. The van der Waals surface area contributed by atoms with Gasteiger partial charge in [0.05, 0.1) is 19.2 Å². The molecule has 92 valence electrons. The van der Waals surface area contributed by atoms with Crippen molar-refractivity contribution in [3.05, 3.63) is 0 Å². The second-order valence-electron chi connectivity index (χ2n) is 4.34. The molecule has 1 aliphatic rings. The normalized spacial score (nSPS) is 26.6. The lowest BCUT2D eigenvalue weighted by atomic mass is 9.91. The fourth-order valence-corrected chi connectivity index (χ4v) is 2.34. The molecule has 5 heteroatoms. The molecule has 1 rings (SSSR count). The first-order valence-electron chi connectivity index (χ1n) is 5.84. The van der Waals surface area contributed by atoms with E-state index in [9.17, 15) is 0 Å². The van der Waals surface area contributed by atoms with E-state index >= 15 is 0 Å². The predicted molar refractivity (Wildman–Crippen MR) is 60.7 cm³/mol. The van der Waals surface area contributed by atoms with Gasteiger partial charge in [-0.3, -0.25) is 4.90 Å². The van der Waals surface area contributed by atoms with Gasteiger partial charge in [-0.25, -0.2) is 0 Å². The lowest BCUT2D eigenvalue weighted by molar-refractivity contribution is 0.129. The molecular formula is C11H21N3O2. The van der Waals surface area contributed by atoms with Crippen LogP contribution in [0.25, 0.3) is 0 Å². The number of likely N-dealkylation sites (tertiary alicyclic amines) is 1. The van der Waals surface area contributed by atoms with Gasteiger partial charge in [-0.2, -0.15) is 5.26 Å². The van der Waals surface area contributed by atoms with Crippen molar-refractivity contribution in [3.8, 4) is 6.07 Å². The second-order valence-corrected chi connectivity index (χ2v) is 4.34. The van der Waals surface area contributed by atoms with Crippen molar-refractivity contribution in [1.82, 2.24) is 10.2 Å². The van der Waals surface area contributed by atoms with Crippen molar-refractivity contribution in [2.75, 3.05) is 39.4 Å². The Labute approximate surface area is 96.7 Å². The largest absolute Gasteiger partial charge is 0.396 e. The molecule has 0 aromatic heterocycles. The predicted octanol–water partition coefficient (Wildman–Crippen LogP) is -0.835. The van der Waals surface area contributed by atoms with Crippen LogP contribution in [0.2, 0.25) is 0 Å². The first-order chi connectivity index (χ1) is 7.80. The van der Waals surface area contributed by atoms with Crippen LogP contribution in [0, 0.1) is 17.2 Å². The highest BCUT2D eigenvalue weighted by Crippen LogP contribution is 2.19. The quantitative estimate of drug-likeness (QED) is 0.516. The van der Waals surface area contributed by atoms with Gasteiger partial charge < -0.3 is 15.5 Å². The van der Waals surface area contributed by atoms with E-state index in [0.29, 0.717) is 25.0 Å². The molecule has 1 saturated heterocycles. The van der Waals surface area contributed by atoms with Crippen LogP contribution in [0.4, 0.5) is 0 Å². The first kappa shape index (κ1) is 13.4. The Balaban J connectivity index is 2.42. The molecule has 0 aromatic carbocycles. The summed E-state index contributed by atoms with van der Waals surface area (Å²) >= 11 is 0. The zero-order chi connectivity index (χ0) is 11.8. The Morgan fingerprint density at radius 2 is 2.12 bits per heavy atom. The highest BCUT2D eigenvalue weighted by atomic mass is 16.3. The smallest absolute Gasteiger partial charge is 0.0866 e. The molecule has 0 bridgehead atoms. The summed E-state index contributed by atoms with van der Waals surface area (Å²) in [7, 11) is 0. The molecule has 3 N–H and O–H groups in total. The number of aliphatic hydroxyl groups excluding tert-OH is 2. The summed E-state index contributed by atoms with van der Waals surface area (Å²) in [5.41, 5.74) is 0. The Bertz CT molecular complexity index is 230. The van der Waals surface area contributed by atoms with Crippen LogP contribution in [0.15, 0.2) is 0 Å². The molecule has 0 amide bonds. The van der Waals surface area contributed by atoms with Crippen molar-refractivity contribution >= 4 is 0 Å². The van der Waals surface area contributed by atoms with Gasteiger partial charge in [0.15, 0.2) is 0 Å². The van der Waals surface area contributed by atoms with Crippen molar-refractivity contribution in [1.29, 1.82) is 5.26 Å². The molecule has 16 heavy (non-hydrogen) atoms. The number of rotatable bonds is 6. The van der Waals surface area contributed by atoms with E-state index < -0.39 is 0 Å². The number of aliphatic hydroxyl groups is 2. The average Bonchev–Trinajstić information content (AvgIpc) is 2.27. The van der Waals surface area contributed by atoms with Crippen LogP contribution in [-0.2, 0) is 0 Å². The summed E-state index contributed by atoms with van der Waals surface area (Å²) in [5, 5.41) is 29.7. The maximum Gasteiger partial charge on any atom is 0.0866 e. The van der Waals surface area contributed by atoms with E-state index in [1.165, 1.54) is 0 Å². The SMILES string of the molecule is N#CCN1CC(CCO)CC(NCCO)C1. The van der Waals surface area contributed by atoms with Crippen LogP contribution >= 0.6 is 0 Å². The van der Waals surface area contributed by atoms with E-state index in [1.54, 1.807) is 0 Å². The topological polar surface area (TPSA) is 79.5 Å². The fraction of sp³-hybridized carbons (Fsp3) is 0.909. The maximum atomic E-state index is 8.95. The van der Waals surface area contributed by atoms with Gasteiger partial charge in [-0.1, -0.05) is 0 Å². The number of piperidine rings is 1. The van der Waals surface area contributed by atoms with Crippen LogP contribution < -0.4 is 5.32 Å². The van der Waals surface area contributed by atoms with Gasteiger partial charge in [-0.05, 0) is 18.8 Å². The van der Waals surface area contributed by atoms with Crippen LogP contribution in [0.1, 0.15) is 12.8 Å². The van der Waals surface area contributed by atoms with Crippen LogP contribution in [0.3, 0.4) is 0 Å². The van der Waals surface area contributed by atoms with E-state index in [0.717, 1.165) is 25.9 Å². The van der Waals surface area contributed by atoms with Gasteiger partial charge in [0, 0.05) is 32.3 Å². The van der Waals surface area contributed by atoms with E-state index in [2.05, 4.69) is 16.3 Å². The molecule has 0 radical (unpaired) electrons. The lowest BCUT2D eigenvalue weighted by Gasteiger charge is -2.36. The van der Waals surface area contributed by atoms with E-state index in [4.69, 9.17) is 15.5 Å². The minimum Gasteiger partial charge on any atom is -0.396 e. The lowest BCUT2D eigenvalue weighted by Crippen LogP contribution is -2.50. The molecule has 0 spiro atoms. The van der Waals surface area contributed by atoms with Gasteiger partial charge in [0.2, 0.25) is 0 Å². The zero-order valence-electron chi connectivity index (χ0n) is 9.60. The van der Waals surface area contributed by atoms with E-state index in [-0.39, 0.29) is 13.2 Å². The Morgan fingerprint density at radius 3 is 2.75 bits per heavy atom. The van der Waals surface area contributed by atoms with Crippen LogP contribution in [-0.4, -0.2) is 60.5 Å². The number of nitriles is 1. The molecule has 0 aromatic rings. The first-order valence-corrected chi connectivity index (χ1v) is 5.84. The molecule has 0 saturated carbocycles. The van der Waals surface area contributed by atoms with Crippen LogP contribution in [0.5, 0.6) is 0 Å². The average molecular weight is 227 g/mol. The van der Waals surface area contributed by atoms with Crippen molar-refractivity contribution < 1.29 is 10.2 Å². The molecule has 1 heterocycles. The number of nitrogens with one attached hydrogen (secondary N) is 1. The highest BCUT2D eigenvalue weighted by molar-refractivity contribution is 4.87. The molecule has 2 unspecified atom stereocenters. The number of hydrogen-bond acceptors (Lipinski definition) is 5. The van der Waals surface area contributed by atoms with Gasteiger partial charge in [0.25, 0.3) is 0 Å². The van der Waals surface area contributed by atoms with E-state index in [1.807, 2.05) is 0 Å². The third-order valence-corrected chi connectivity index (χ3v) is 2.99. The standard InChI is InChI=1S/C11H21N3O2/c12-2-4-14-8-10(1-5-15)7-11(9-14)13-3-6-16/h10-11,13,15-16H,1,3-9H2. The summed E-state index contributed by atoms with van der Waals surface area (Å²) < 4.78 is 0. The highest BCUT2D eigenvalue weighted by Gasteiger charge is 2.26. The number of hydrogen-bond donors (Lipinski definition) is 3. The van der Waals surface area contributed by atoms with Crippen molar-refractivity contribution in [3.63, 3.8) is 0 Å². The van der Waals surface area contributed by atoms with Gasteiger partial charge >= 0.3 is 0 Å². The minimum atomic E-state index is 0.138. The molecule has 1 fully saturated rings. The molecule has 5 nitrogen and oxygen atoms in total. The summed E-state index contributed by atoms with van der Waals surface area (Å²) in [4.78, 5) is 2.11. The zero-order valence-corrected chi connectivity index (χ0v) is 9.60. The summed E-state index contributed by atoms with van der Waals surface area (Å²) in [6.45, 7) is 3.13. The number of nitrogens with zero attached hydrogens (tertiary/aromatic N) is 2. The third kappa shape index (κ3) is 4.45. The Kier molecular flexibility index (Phi) is 6.34. The van der Waals surface area contributed by atoms with Gasteiger partial charge in [0.1, 0.15) is 0 Å². The molecule has 0 aliphatic carbocycles. The third-order valence-electron chi connectivity index (χ3n) is 2.99. The Morgan fingerprint density at radius 1 is 1.31 bits per heavy atom. The second kappa shape index (κ2) is 7.58. The molecular weight excluding hydrogens is 206 g/mol. The Hall–Kier alpha value is -0.670. The minimum absolute atomic E-state index is 0.138. The molecule has 1 aliphatic heterocycles. The summed E-state index contributed by atoms with van der Waals surface area (Å²) in [5.74, 6) is 0.447. The van der Waals surface area contributed by atoms with Gasteiger partial charge in [-0.15, -0.1) is 0 Å². The van der Waals surface area contributed by atoms with Crippen molar-refractivity contribution in [2.45, 2.75) is 18.9 Å². The summed E-state index contributed by atoms with van der Waals surface area (Å²) in [6, 6.07) is 2.49.